The molecule has 0 bridgehead atoms. The molecule has 0 unspecified atom stereocenters. The fourth-order valence-electron chi connectivity index (χ4n) is 1.82. The Morgan fingerprint density at radius 1 is 0.889 bits per heavy atom. The Hall–Kier alpha value is -1.77. The van der Waals surface area contributed by atoms with Crippen molar-refractivity contribution < 1.29 is 13.2 Å². The van der Waals surface area contributed by atoms with Gasteiger partial charge in [0.25, 0.3) is 0 Å². The Morgan fingerprint density at radius 3 is 2.11 bits per heavy atom. The molecular weight excluding hydrogens is 237 g/mol. The van der Waals surface area contributed by atoms with E-state index in [0.717, 1.165) is 29.7 Å². The predicted octanol–water partition coefficient (Wildman–Crippen LogP) is 4.93. The summed E-state index contributed by atoms with van der Waals surface area (Å²) < 4.78 is 37.3. The Morgan fingerprint density at radius 2 is 1.56 bits per heavy atom. The molecule has 0 radical (unpaired) electrons. The third-order valence-electron chi connectivity index (χ3n) is 2.88. The molecule has 0 saturated carbocycles. The van der Waals surface area contributed by atoms with Crippen LogP contribution in [-0.2, 0) is 12.6 Å². The molecule has 0 spiro atoms. The number of halogens is 3. The molecule has 0 aliphatic carbocycles. The van der Waals surface area contributed by atoms with Gasteiger partial charge in [0.05, 0.1) is 5.56 Å². The zero-order chi connectivity index (χ0) is 13.2. The predicted molar refractivity (Wildman–Crippen MR) is 66.3 cm³/mol. The maximum Gasteiger partial charge on any atom is 0.416 e. The van der Waals surface area contributed by atoms with E-state index >= 15 is 0 Å². The molecule has 2 rings (SSSR count). The van der Waals surface area contributed by atoms with Gasteiger partial charge in [-0.2, -0.15) is 13.2 Å². The molecular formula is C15H13F3. The van der Waals surface area contributed by atoms with Gasteiger partial charge in [-0.15, -0.1) is 0 Å². The van der Waals surface area contributed by atoms with E-state index in [1.165, 1.54) is 17.7 Å². The first kappa shape index (κ1) is 12.7. The summed E-state index contributed by atoms with van der Waals surface area (Å²) in [4.78, 5) is 0. The highest BCUT2D eigenvalue weighted by atomic mass is 19.4. The van der Waals surface area contributed by atoms with Crippen molar-refractivity contribution in [3.63, 3.8) is 0 Å². The average Bonchev–Trinajstić information content (AvgIpc) is 2.38. The molecule has 0 saturated heterocycles. The zero-order valence-corrected chi connectivity index (χ0v) is 9.96. The van der Waals surface area contributed by atoms with Crippen molar-refractivity contribution in [3.05, 3.63) is 59.7 Å². The summed E-state index contributed by atoms with van der Waals surface area (Å²) in [6, 6.07) is 13.1. The van der Waals surface area contributed by atoms with Gasteiger partial charge >= 0.3 is 6.18 Å². The van der Waals surface area contributed by atoms with E-state index in [2.05, 4.69) is 0 Å². The molecule has 0 amide bonds. The van der Waals surface area contributed by atoms with Crippen molar-refractivity contribution >= 4 is 0 Å². The lowest BCUT2D eigenvalue weighted by molar-refractivity contribution is -0.137. The van der Waals surface area contributed by atoms with Gasteiger partial charge in [0, 0.05) is 0 Å². The lowest BCUT2D eigenvalue weighted by Gasteiger charge is -2.08. The molecule has 3 heteroatoms. The molecule has 0 heterocycles. The molecule has 0 fully saturated rings. The number of rotatable bonds is 2. The average molecular weight is 250 g/mol. The van der Waals surface area contributed by atoms with Crippen LogP contribution in [0.4, 0.5) is 13.2 Å². The van der Waals surface area contributed by atoms with Gasteiger partial charge < -0.3 is 0 Å². The van der Waals surface area contributed by atoms with E-state index in [1.807, 2.05) is 31.2 Å². The van der Waals surface area contributed by atoms with Gasteiger partial charge in [0.2, 0.25) is 0 Å². The Kier molecular flexibility index (Phi) is 3.41. The normalized spacial score (nSPS) is 11.6. The third-order valence-corrected chi connectivity index (χ3v) is 2.88. The molecule has 0 N–H and O–H groups in total. The summed E-state index contributed by atoms with van der Waals surface area (Å²) in [6.45, 7) is 2.05. The number of alkyl halides is 3. The fourth-order valence-corrected chi connectivity index (χ4v) is 1.82. The van der Waals surface area contributed by atoms with E-state index in [9.17, 15) is 13.2 Å². The van der Waals surface area contributed by atoms with Crippen LogP contribution in [0.25, 0.3) is 11.1 Å². The summed E-state index contributed by atoms with van der Waals surface area (Å²) in [6.07, 6.45) is -3.36. The first-order valence-electron chi connectivity index (χ1n) is 5.77. The van der Waals surface area contributed by atoms with Crippen LogP contribution < -0.4 is 0 Å². The highest BCUT2D eigenvalue weighted by Gasteiger charge is 2.29. The quantitative estimate of drug-likeness (QED) is 0.708. The number of aryl methyl sites for hydroxylation is 1. The van der Waals surface area contributed by atoms with E-state index < -0.39 is 11.7 Å². The van der Waals surface area contributed by atoms with Crippen LogP contribution in [0.15, 0.2) is 48.5 Å². The zero-order valence-electron chi connectivity index (χ0n) is 9.96. The number of hydrogen-bond acceptors (Lipinski definition) is 0. The Labute approximate surface area is 104 Å². The first-order valence-corrected chi connectivity index (χ1v) is 5.77. The minimum Gasteiger partial charge on any atom is -0.166 e. The smallest absolute Gasteiger partial charge is 0.166 e. The van der Waals surface area contributed by atoms with Gasteiger partial charge in [0.1, 0.15) is 0 Å². The van der Waals surface area contributed by atoms with Crippen LogP contribution in [0, 0.1) is 0 Å². The van der Waals surface area contributed by atoms with Gasteiger partial charge in [-0.05, 0) is 35.2 Å². The molecule has 2 aromatic carbocycles. The topological polar surface area (TPSA) is 0 Å². The van der Waals surface area contributed by atoms with Crippen LogP contribution in [-0.4, -0.2) is 0 Å². The van der Waals surface area contributed by atoms with Crippen LogP contribution in [0.1, 0.15) is 18.1 Å². The molecule has 0 aliphatic rings. The van der Waals surface area contributed by atoms with Crippen molar-refractivity contribution in [1.29, 1.82) is 0 Å². The van der Waals surface area contributed by atoms with Gasteiger partial charge in [-0.25, -0.2) is 0 Å². The lowest BCUT2D eigenvalue weighted by atomic mass is 10.0. The fraction of sp³-hybridized carbons (Fsp3) is 0.200. The highest BCUT2D eigenvalue weighted by Crippen LogP contribution is 2.31. The van der Waals surface area contributed by atoms with E-state index in [0.29, 0.717) is 0 Å². The third kappa shape index (κ3) is 2.73. The SMILES string of the molecule is CCc1cccc(-c2ccc(C(F)(F)F)cc2)c1. The van der Waals surface area contributed by atoms with Crippen LogP contribution in [0.3, 0.4) is 0 Å². The highest BCUT2D eigenvalue weighted by molar-refractivity contribution is 5.64. The largest absolute Gasteiger partial charge is 0.416 e. The molecule has 0 atom stereocenters. The van der Waals surface area contributed by atoms with Crippen molar-refractivity contribution in [2.24, 2.45) is 0 Å². The molecule has 0 aliphatic heterocycles. The van der Waals surface area contributed by atoms with Crippen molar-refractivity contribution in [2.75, 3.05) is 0 Å². The maximum atomic E-state index is 12.4. The Balaban J connectivity index is 2.34. The molecule has 2 aromatic rings. The summed E-state index contributed by atoms with van der Waals surface area (Å²) in [5.74, 6) is 0. The second-order valence-electron chi connectivity index (χ2n) is 4.13. The van der Waals surface area contributed by atoms with Crippen LogP contribution >= 0.6 is 0 Å². The summed E-state index contributed by atoms with van der Waals surface area (Å²) >= 11 is 0. The van der Waals surface area contributed by atoms with Gasteiger partial charge in [-0.3, -0.25) is 0 Å². The van der Waals surface area contributed by atoms with Crippen molar-refractivity contribution in [2.45, 2.75) is 19.5 Å². The van der Waals surface area contributed by atoms with Gasteiger partial charge in [-0.1, -0.05) is 43.3 Å². The lowest BCUT2D eigenvalue weighted by Crippen LogP contribution is -2.03. The van der Waals surface area contributed by atoms with E-state index in [-0.39, 0.29) is 0 Å². The minimum absolute atomic E-state index is 0.613. The molecule has 0 aromatic heterocycles. The summed E-state index contributed by atoms with van der Waals surface area (Å²) in [7, 11) is 0. The second-order valence-corrected chi connectivity index (χ2v) is 4.13. The van der Waals surface area contributed by atoms with Crippen molar-refractivity contribution in [1.82, 2.24) is 0 Å². The van der Waals surface area contributed by atoms with E-state index in [4.69, 9.17) is 0 Å². The standard InChI is InChI=1S/C15H13F3/c1-2-11-4-3-5-13(10-11)12-6-8-14(9-7-12)15(16,17)18/h3-10H,2H2,1H3. The Bertz CT molecular complexity index is 524. The van der Waals surface area contributed by atoms with Crippen LogP contribution in [0.5, 0.6) is 0 Å². The van der Waals surface area contributed by atoms with Crippen LogP contribution in [0.2, 0.25) is 0 Å². The summed E-state index contributed by atoms with van der Waals surface area (Å²) in [5, 5.41) is 0. The second kappa shape index (κ2) is 4.84. The molecule has 0 nitrogen and oxygen atoms in total. The monoisotopic (exact) mass is 250 g/mol. The maximum absolute atomic E-state index is 12.4. The number of hydrogen-bond donors (Lipinski definition) is 0. The molecule has 94 valence electrons. The molecule has 18 heavy (non-hydrogen) atoms. The van der Waals surface area contributed by atoms with E-state index in [1.54, 1.807) is 0 Å². The van der Waals surface area contributed by atoms with Crippen molar-refractivity contribution in [3.8, 4) is 11.1 Å². The minimum atomic E-state index is -4.27. The van der Waals surface area contributed by atoms with Gasteiger partial charge in [0.15, 0.2) is 0 Å². The number of benzene rings is 2. The summed E-state index contributed by atoms with van der Waals surface area (Å²) in [5.41, 5.74) is 2.31. The first-order chi connectivity index (χ1) is 8.50.